The summed E-state index contributed by atoms with van der Waals surface area (Å²) in [5, 5.41) is 14.7. The van der Waals surface area contributed by atoms with Crippen LogP contribution in [0.3, 0.4) is 0 Å². The average molecular weight is 267 g/mol. The van der Waals surface area contributed by atoms with Crippen LogP contribution in [0.1, 0.15) is 38.8 Å². The first kappa shape index (κ1) is 15.4. The standard InChI is InChI=1S/C14H22FN3O/c1-9(14(2,3)4)17-8-10-6-5-7-11(12(10)15)13(16)18-19/h5-7,9,17,19H,8H2,1-4H3,(H2,16,18). The predicted octanol–water partition coefficient (Wildman–Crippen LogP) is 2.44. The van der Waals surface area contributed by atoms with E-state index in [1.165, 1.54) is 6.07 Å². The van der Waals surface area contributed by atoms with Crippen molar-refractivity contribution in [2.75, 3.05) is 0 Å². The van der Waals surface area contributed by atoms with E-state index in [4.69, 9.17) is 10.9 Å². The van der Waals surface area contributed by atoms with E-state index in [-0.39, 0.29) is 22.9 Å². The molecule has 1 unspecified atom stereocenters. The number of halogens is 1. The number of nitrogens with two attached hydrogens (primary N) is 1. The van der Waals surface area contributed by atoms with Gasteiger partial charge in [-0.2, -0.15) is 0 Å². The van der Waals surface area contributed by atoms with Crippen LogP contribution in [-0.2, 0) is 6.54 Å². The van der Waals surface area contributed by atoms with Gasteiger partial charge >= 0.3 is 0 Å². The van der Waals surface area contributed by atoms with Crippen LogP contribution in [0.2, 0.25) is 0 Å². The maximum absolute atomic E-state index is 14.1. The zero-order valence-electron chi connectivity index (χ0n) is 11.9. The molecule has 4 N–H and O–H groups in total. The van der Waals surface area contributed by atoms with Gasteiger partial charge in [-0.05, 0) is 18.4 Å². The summed E-state index contributed by atoms with van der Waals surface area (Å²) >= 11 is 0. The van der Waals surface area contributed by atoms with Crippen molar-refractivity contribution >= 4 is 5.84 Å². The van der Waals surface area contributed by atoms with Gasteiger partial charge in [0.1, 0.15) is 5.82 Å². The molecule has 0 saturated carbocycles. The van der Waals surface area contributed by atoms with Gasteiger partial charge in [-0.3, -0.25) is 0 Å². The minimum absolute atomic E-state index is 0.0969. The number of hydrogen-bond acceptors (Lipinski definition) is 3. The lowest BCUT2D eigenvalue weighted by atomic mass is 9.88. The topological polar surface area (TPSA) is 70.6 Å². The molecule has 0 aliphatic rings. The Morgan fingerprint density at radius 1 is 1.47 bits per heavy atom. The molecular weight excluding hydrogens is 245 g/mol. The van der Waals surface area contributed by atoms with Crippen LogP contribution in [-0.4, -0.2) is 17.1 Å². The highest BCUT2D eigenvalue weighted by atomic mass is 19.1. The third-order valence-electron chi connectivity index (χ3n) is 3.36. The summed E-state index contributed by atoms with van der Waals surface area (Å²) in [6.07, 6.45) is 0. The quantitative estimate of drug-likeness (QED) is 0.339. The molecule has 0 spiro atoms. The minimum atomic E-state index is -0.452. The fourth-order valence-corrected chi connectivity index (χ4v) is 1.54. The first-order valence-electron chi connectivity index (χ1n) is 6.26. The number of rotatable bonds is 4. The molecule has 0 amide bonds. The Balaban J connectivity index is 2.86. The van der Waals surface area contributed by atoms with Crippen LogP contribution in [0, 0.1) is 11.2 Å². The third kappa shape index (κ3) is 3.92. The Morgan fingerprint density at radius 2 is 2.11 bits per heavy atom. The molecule has 0 fully saturated rings. The van der Waals surface area contributed by atoms with E-state index in [1.54, 1.807) is 12.1 Å². The van der Waals surface area contributed by atoms with E-state index in [1.807, 2.05) is 0 Å². The van der Waals surface area contributed by atoms with Crippen molar-refractivity contribution in [2.24, 2.45) is 16.3 Å². The average Bonchev–Trinajstić information content (AvgIpc) is 2.35. The van der Waals surface area contributed by atoms with Crippen LogP contribution in [0.25, 0.3) is 0 Å². The minimum Gasteiger partial charge on any atom is -0.409 e. The smallest absolute Gasteiger partial charge is 0.173 e. The zero-order chi connectivity index (χ0) is 14.6. The van der Waals surface area contributed by atoms with Crippen LogP contribution in [0.4, 0.5) is 4.39 Å². The van der Waals surface area contributed by atoms with Crippen molar-refractivity contribution in [2.45, 2.75) is 40.3 Å². The Kier molecular flexibility index (Phi) is 4.89. The van der Waals surface area contributed by atoms with Crippen molar-refractivity contribution in [3.8, 4) is 0 Å². The molecule has 1 aromatic rings. The van der Waals surface area contributed by atoms with E-state index in [0.717, 1.165) is 0 Å². The molecule has 0 aliphatic carbocycles. The number of benzene rings is 1. The molecule has 1 aromatic carbocycles. The number of nitrogens with zero attached hydrogens (tertiary/aromatic N) is 1. The highest BCUT2D eigenvalue weighted by Crippen LogP contribution is 2.20. The first-order valence-corrected chi connectivity index (χ1v) is 6.26. The van der Waals surface area contributed by atoms with E-state index in [9.17, 15) is 4.39 Å². The van der Waals surface area contributed by atoms with Crippen molar-refractivity contribution in [3.05, 3.63) is 35.1 Å². The van der Waals surface area contributed by atoms with Crippen molar-refractivity contribution in [3.63, 3.8) is 0 Å². The Morgan fingerprint density at radius 3 is 2.63 bits per heavy atom. The van der Waals surface area contributed by atoms with Crippen LogP contribution < -0.4 is 11.1 Å². The molecule has 0 aromatic heterocycles. The summed E-state index contributed by atoms with van der Waals surface area (Å²) in [4.78, 5) is 0. The number of oxime groups is 1. The highest BCUT2D eigenvalue weighted by Gasteiger charge is 2.20. The Labute approximate surface area is 113 Å². The first-order chi connectivity index (χ1) is 8.77. The molecule has 1 rings (SSSR count). The largest absolute Gasteiger partial charge is 0.409 e. The Bertz CT molecular complexity index is 466. The van der Waals surface area contributed by atoms with Gasteiger partial charge in [0.25, 0.3) is 0 Å². The normalized spacial score (nSPS) is 14.5. The lowest BCUT2D eigenvalue weighted by Gasteiger charge is -2.28. The van der Waals surface area contributed by atoms with Crippen molar-refractivity contribution < 1.29 is 9.60 Å². The number of hydrogen-bond donors (Lipinski definition) is 3. The van der Waals surface area contributed by atoms with E-state index >= 15 is 0 Å². The van der Waals surface area contributed by atoms with Crippen molar-refractivity contribution in [1.29, 1.82) is 0 Å². The predicted molar refractivity (Wildman–Crippen MR) is 74.7 cm³/mol. The lowest BCUT2D eigenvalue weighted by Crippen LogP contribution is -2.37. The third-order valence-corrected chi connectivity index (χ3v) is 3.36. The molecule has 0 saturated heterocycles. The molecule has 0 bridgehead atoms. The second kappa shape index (κ2) is 6.02. The molecule has 0 heterocycles. The summed E-state index contributed by atoms with van der Waals surface area (Å²) < 4.78 is 14.1. The molecule has 4 nitrogen and oxygen atoms in total. The van der Waals surface area contributed by atoms with Crippen LogP contribution in [0.5, 0.6) is 0 Å². The summed E-state index contributed by atoms with van der Waals surface area (Å²) in [7, 11) is 0. The monoisotopic (exact) mass is 267 g/mol. The van der Waals surface area contributed by atoms with Crippen LogP contribution in [0.15, 0.2) is 23.4 Å². The Hall–Kier alpha value is -1.62. The van der Waals surface area contributed by atoms with Gasteiger partial charge in [0.15, 0.2) is 5.84 Å². The fraction of sp³-hybridized carbons (Fsp3) is 0.500. The van der Waals surface area contributed by atoms with Gasteiger partial charge in [0, 0.05) is 18.2 Å². The van der Waals surface area contributed by atoms with Gasteiger partial charge in [0.05, 0.1) is 5.56 Å². The van der Waals surface area contributed by atoms with Crippen molar-refractivity contribution in [1.82, 2.24) is 5.32 Å². The molecule has 5 heteroatoms. The molecule has 0 aliphatic heterocycles. The van der Waals surface area contributed by atoms with E-state index < -0.39 is 5.82 Å². The second-order valence-corrected chi connectivity index (χ2v) is 5.73. The number of amidine groups is 1. The molecule has 1 atom stereocenters. The maximum Gasteiger partial charge on any atom is 0.173 e. The molecular formula is C14H22FN3O. The maximum atomic E-state index is 14.1. The summed E-state index contributed by atoms with van der Waals surface area (Å²) in [6, 6.07) is 5.10. The van der Waals surface area contributed by atoms with Gasteiger partial charge < -0.3 is 16.3 Å². The fourth-order valence-electron chi connectivity index (χ4n) is 1.54. The van der Waals surface area contributed by atoms with Gasteiger partial charge in [-0.1, -0.05) is 38.1 Å². The summed E-state index contributed by atoms with van der Waals surface area (Å²) in [5.41, 5.74) is 6.14. The van der Waals surface area contributed by atoms with Gasteiger partial charge in [-0.25, -0.2) is 4.39 Å². The zero-order valence-corrected chi connectivity index (χ0v) is 11.9. The molecule has 0 radical (unpaired) electrons. The summed E-state index contributed by atoms with van der Waals surface area (Å²) in [6.45, 7) is 8.82. The molecule has 19 heavy (non-hydrogen) atoms. The summed E-state index contributed by atoms with van der Waals surface area (Å²) in [5.74, 6) is -0.672. The molecule has 106 valence electrons. The van der Waals surface area contributed by atoms with Crippen LogP contribution >= 0.6 is 0 Å². The number of nitrogens with one attached hydrogen (secondary N) is 1. The second-order valence-electron chi connectivity index (χ2n) is 5.73. The highest BCUT2D eigenvalue weighted by molar-refractivity contribution is 5.97. The van der Waals surface area contributed by atoms with Gasteiger partial charge in [-0.15, -0.1) is 0 Å². The lowest BCUT2D eigenvalue weighted by molar-refractivity contribution is 0.284. The van der Waals surface area contributed by atoms with Gasteiger partial charge in [0.2, 0.25) is 0 Å². The van der Waals surface area contributed by atoms with E-state index in [0.29, 0.717) is 12.1 Å². The SMILES string of the molecule is CC(NCc1cccc(/C(N)=N/O)c1F)C(C)(C)C. The van der Waals surface area contributed by atoms with E-state index in [2.05, 4.69) is 38.2 Å².